The lowest BCUT2D eigenvalue weighted by atomic mass is 9.88. The van der Waals surface area contributed by atoms with Crippen LogP contribution in [0.3, 0.4) is 0 Å². The third-order valence-corrected chi connectivity index (χ3v) is 4.13. The molecule has 0 N–H and O–H groups in total. The summed E-state index contributed by atoms with van der Waals surface area (Å²) >= 11 is 0. The second kappa shape index (κ2) is 12.0. The van der Waals surface area contributed by atoms with Crippen molar-refractivity contribution in [3.05, 3.63) is 22.8 Å². The summed E-state index contributed by atoms with van der Waals surface area (Å²) in [6.45, 7) is 1.46. The zero-order chi connectivity index (χ0) is 16.9. The van der Waals surface area contributed by atoms with Crippen LogP contribution in [-0.4, -0.2) is 33.2 Å². The Morgan fingerprint density at radius 3 is 2.48 bits per heavy atom. The fourth-order valence-corrected chi connectivity index (χ4v) is 2.86. The van der Waals surface area contributed by atoms with E-state index in [9.17, 15) is 10.1 Å². The number of methoxy groups -OCH3 is 2. The third-order valence-electron chi connectivity index (χ3n) is 4.13. The Hall–Kier alpha value is -1.44. The van der Waals surface area contributed by atoms with Gasteiger partial charge in [0.2, 0.25) is 0 Å². The van der Waals surface area contributed by atoms with Gasteiger partial charge in [-0.2, -0.15) is 5.26 Å². The van der Waals surface area contributed by atoms with E-state index >= 15 is 0 Å². The van der Waals surface area contributed by atoms with Crippen LogP contribution in [0.1, 0.15) is 57.8 Å². The first-order valence-corrected chi connectivity index (χ1v) is 8.56. The molecule has 4 heteroatoms. The number of rotatable bonds is 11. The van der Waals surface area contributed by atoms with Crippen molar-refractivity contribution in [2.24, 2.45) is 0 Å². The predicted molar refractivity (Wildman–Crippen MR) is 91.0 cm³/mol. The normalized spacial score (nSPS) is 16.7. The number of carbonyl (C=O) groups excluding carboxylic acids is 1. The first-order valence-electron chi connectivity index (χ1n) is 8.56. The lowest BCUT2D eigenvalue weighted by Gasteiger charge is -2.16. The van der Waals surface area contributed by atoms with Crippen molar-refractivity contribution in [1.82, 2.24) is 0 Å². The van der Waals surface area contributed by atoms with E-state index in [0.717, 1.165) is 63.5 Å². The van der Waals surface area contributed by atoms with Crippen LogP contribution in [0.4, 0.5) is 0 Å². The molecule has 0 aliphatic heterocycles. The highest BCUT2D eigenvalue weighted by molar-refractivity contribution is 6.00. The maximum Gasteiger partial charge on any atom is 0.173 e. The molecule has 1 aliphatic carbocycles. The molecule has 0 unspecified atom stereocenters. The van der Waals surface area contributed by atoms with Crippen molar-refractivity contribution in [3.8, 4) is 6.07 Å². The van der Waals surface area contributed by atoms with Crippen LogP contribution in [0.15, 0.2) is 22.8 Å². The summed E-state index contributed by atoms with van der Waals surface area (Å²) in [6.07, 6.45) is 10.3. The second-order valence-electron chi connectivity index (χ2n) is 5.99. The van der Waals surface area contributed by atoms with Crippen molar-refractivity contribution in [1.29, 1.82) is 5.26 Å². The fraction of sp³-hybridized carbons (Fsp3) is 0.684. The molecule has 0 bridgehead atoms. The zero-order valence-corrected chi connectivity index (χ0v) is 14.5. The molecule has 1 rings (SSSR count). The van der Waals surface area contributed by atoms with Crippen molar-refractivity contribution in [3.63, 3.8) is 0 Å². The van der Waals surface area contributed by atoms with Crippen molar-refractivity contribution >= 4 is 5.78 Å². The molecule has 0 saturated heterocycles. The molecule has 0 amide bonds. The van der Waals surface area contributed by atoms with Gasteiger partial charge in [-0.05, 0) is 56.9 Å². The highest BCUT2D eigenvalue weighted by Crippen LogP contribution is 2.28. The van der Waals surface area contributed by atoms with Crippen LogP contribution in [0, 0.1) is 11.3 Å². The molecule has 0 aromatic carbocycles. The van der Waals surface area contributed by atoms with Gasteiger partial charge in [0.15, 0.2) is 5.78 Å². The Morgan fingerprint density at radius 2 is 1.83 bits per heavy atom. The molecule has 4 nitrogen and oxygen atoms in total. The number of hydrogen-bond acceptors (Lipinski definition) is 4. The fourth-order valence-electron chi connectivity index (χ4n) is 2.86. The maximum absolute atomic E-state index is 12.3. The van der Waals surface area contributed by atoms with Crippen LogP contribution in [0.5, 0.6) is 0 Å². The van der Waals surface area contributed by atoms with Crippen LogP contribution in [0.25, 0.3) is 0 Å². The number of nitriles is 1. The minimum absolute atomic E-state index is 0.0181. The van der Waals surface area contributed by atoms with Crippen LogP contribution < -0.4 is 0 Å². The number of ketones is 1. The van der Waals surface area contributed by atoms with Crippen LogP contribution in [0.2, 0.25) is 0 Å². The van der Waals surface area contributed by atoms with E-state index in [-0.39, 0.29) is 5.78 Å². The molecular weight excluding hydrogens is 290 g/mol. The molecule has 0 aromatic heterocycles. The van der Waals surface area contributed by atoms with E-state index in [0.29, 0.717) is 18.6 Å². The average molecular weight is 319 g/mol. The van der Waals surface area contributed by atoms with Gasteiger partial charge >= 0.3 is 0 Å². The molecule has 0 radical (unpaired) electrons. The van der Waals surface area contributed by atoms with Crippen molar-refractivity contribution in [2.45, 2.75) is 57.8 Å². The first-order chi connectivity index (χ1) is 11.2. The number of carbonyl (C=O) groups is 1. The van der Waals surface area contributed by atoms with Gasteiger partial charge in [0.1, 0.15) is 6.07 Å². The van der Waals surface area contributed by atoms with Gasteiger partial charge in [-0.3, -0.25) is 4.79 Å². The lowest BCUT2D eigenvalue weighted by molar-refractivity contribution is -0.115. The Labute approximate surface area is 140 Å². The minimum Gasteiger partial charge on any atom is -0.385 e. The summed E-state index contributed by atoms with van der Waals surface area (Å²) in [7, 11) is 3.38. The number of hydrogen-bond donors (Lipinski definition) is 0. The second-order valence-corrected chi connectivity index (χ2v) is 5.99. The molecule has 1 aliphatic rings. The van der Waals surface area contributed by atoms with E-state index in [1.807, 2.05) is 0 Å². The summed E-state index contributed by atoms with van der Waals surface area (Å²) in [5, 5.41) is 9.38. The summed E-state index contributed by atoms with van der Waals surface area (Å²) in [5.41, 5.74) is 2.68. The van der Waals surface area contributed by atoms with Crippen molar-refractivity contribution in [2.75, 3.05) is 27.4 Å². The Balaban J connectivity index is 2.63. The van der Waals surface area contributed by atoms with Gasteiger partial charge in [0.05, 0.1) is 5.57 Å². The number of unbranched alkanes of at least 4 members (excludes halogenated alkanes) is 2. The van der Waals surface area contributed by atoms with E-state index in [4.69, 9.17) is 9.47 Å². The number of ether oxygens (including phenoxy) is 2. The third kappa shape index (κ3) is 7.58. The molecule has 0 atom stereocenters. The van der Waals surface area contributed by atoms with Gasteiger partial charge in [0.25, 0.3) is 0 Å². The quantitative estimate of drug-likeness (QED) is 0.326. The standard InChI is InChI=1S/C19H29NO3/c1-22-12-5-3-8-16-9-7-10-17(14-16)18(15-20)19(21)11-4-6-13-23-2/h14H,3-13H2,1-2H3/b18-17-. The molecule has 0 spiro atoms. The first kappa shape index (κ1) is 19.6. The predicted octanol–water partition coefficient (Wildman–Crippen LogP) is 4.12. The maximum atomic E-state index is 12.3. The molecule has 0 saturated carbocycles. The average Bonchev–Trinajstić information content (AvgIpc) is 2.57. The Morgan fingerprint density at radius 1 is 1.13 bits per heavy atom. The molecule has 0 aromatic rings. The van der Waals surface area contributed by atoms with Gasteiger partial charge in [-0.1, -0.05) is 11.6 Å². The molecular formula is C19H29NO3. The Bertz CT molecular complexity index is 471. The SMILES string of the molecule is COCCCCC(=O)/C(C#N)=C1\C=C(CCCCOC)CCC1. The largest absolute Gasteiger partial charge is 0.385 e. The van der Waals surface area contributed by atoms with Gasteiger partial charge in [0, 0.05) is 33.9 Å². The van der Waals surface area contributed by atoms with Gasteiger partial charge in [-0.25, -0.2) is 0 Å². The van der Waals surface area contributed by atoms with E-state index in [1.54, 1.807) is 14.2 Å². The van der Waals surface area contributed by atoms with E-state index in [1.165, 1.54) is 5.57 Å². The lowest BCUT2D eigenvalue weighted by Crippen LogP contribution is -2.07. The number of nitrogens with zero attached hydrogens (tertiary/aromatic N) is 1. The van der Waals surface area contributed by atoms with Gasteiger partial charge in [-0.15, -0.1) is 0 Å². The van der Waals surface area contributed by atoms with Crippen molar-refractivity contribution < 1.29 is 14.3 Å². The monoisotopic (exact) mass is 319 g/mol. The van der Waals surface area contributed by atoms with E-state index < -0.39 is 0 Å². The molecule has 0 heterocycles. The molecule has 23 heavy (non-hydrogen) atoms. The topological polar surface area (TPSA) is 59.3 Å². The summed E-state index contributed by atoms with van der Waals surface area (Å²) in [5.74, 6) is -0.0181. The van der Waals surface area contributed by atoms with Crippen LogP contribution in [-0.2, 0) is 14.3 Å². The molecule has 0 fully saturated rings. The minimum atomic E-state index is -0.0181. The smallest absolute Gasteiger partial charge is 0.173 e. The van der Waals surface area contributed by atoms with Gasteiger partial charge < -0.3 is 9.47 Å². The Kier molecular flexibility index (Phi) is 10.3. The zero-order valence-electron chi connectivity index (χ0n) is 14.5. The number of allylic oxidation sites excluding steroid dienone is 4. The molecule has 128 valence electrons. The highest BCUT2D eigenvalue weighted by atomic mass is 16.5. The van der Waals surface area contributed by atoms with Crippen LogP contribution >= 0.6 is 0 Å². The summed E-state index contributed by atoms with van der Waals surface area (Å²) in [4.78, 5) is 12.3. The summed E-state index contributed by atoms with van der Waals surface area (Å²) in [6, 6.07) is 2.14. The number of Topliss-reactive ketones (excluding diaryl/α,β-unsaturated/α-hetero) is 1. The highest BCUT2D eigenvalue weighted by Gasteiger charge is 2.17. The summed E-state index contributed by atoms with van der Waals surface area (Å²) < 4.78 is 10.1. The van der Waals surface area contributed by atoms with E-state index in [2.05, 4.69) is 12.1 Å².